The summed E-state index contributed by atoms with van der Waals surface area (Å²) in [5, 5.41) is 6.84. The summed E-state index contributed by atoms with van der Waals surface area (Å²) >= 11 is 1.51. The summed E-state index contributed by atoms with van der Waals surface area (Å²) in [7, 11) is 0. The second-order valence-electron chi connectivity index (χ2n) is 7.44. The number of amides is 1. The number of hydrogen-bond donors (Lipinski definition) is 1. The second-order valence-corrected chi connectivity index (χ2v) is 8.46. The van der Waals surface area contributed by atoms with Crippen LogP contribution in [-0.2, 0) is 17.0 Å². The third-order valence-electron chi connectivity index (χ3n) is 5.01. The van der Waals surface area contributed by atoms with E-state index in [0.717, 1.165) is 24.5 Å². The summed E-state index contributed by atoms with van der Waals surface area (Å²) in [6.07, 6.45) is -0.0254. The average Bonchev–Trinajstić information content (AvgIpc) is 3.22. The summed E-state index contributed by atoms with van der Waals surface area (Å²) in [5.74, 6) is 1.57. The highest BCUT2D eigenvalue weighted by Gasteiger charge is 2.22. The largest absolute Gasteiger partial charge is 0.374 e. The van der Waals surface area contributed by atoms with Gasteiger partial charge in [0.25, 0.3) is 5.91 Å². The summed E-state index contributed by atoms with van der Waals surface area (Å²) < 4.78 is 11.0. The average molecular weight is 439 g/mol. The SMILES string of the molecule is Cc1noc(CSc2ccccc2C(=O)NCC2CN(Cc3ccccc3)CCO2)n1. The lowest BCUT2D eigenvalue weighted by atomic mass is 10.2. The van der Waals surface area contributed by atoms with Crippen LogP contribution in [0.25, 0.3) is 0 Å². The maximum atomic E-state index is 12.9. The Kier molecular flexibility index (Phi) is 7.35. The van der Waals surface area contributed by atoms with Gasteiger partial charge in [0.2, 0.25) is 5.89 Å². The van der Waals surface area contributed by atoms with E-state index in [4.69, 9.17) is 9.26 Å². The van der Waals surface area contributed by atoms with Gasteiger partial charge in [-0.2, -0.15) is 4.98 Å². The molecule has 0 saturated carbocycles. The highest BCUT2D eigenvalue weighted by Crippen LogP contribution is 2.26. The van der Waals surface area contributed by atoms with Crippen LogP contribution in [0, 0.1) is 6.92 Å². The molecule has 3 aromatic rings. The van der Waals surface area contributed by atoms with Crippen LogP contribution in [0.4, 0.5) is 0 Å². The summed E-state index contributed by atoms with van der Waals surface area (Å²) in [4.78, 5) is 20.3. The highest BCUT2D eigenvalue weighted by molar-refractivity contribution is 7.98. The standard InChI is InChI=1S/C23H26N4O3S/c1-17-25-22(30-26-17)16-31-21-10-6-5-9-20(21)23(28)24-13-19-15-27(11-12-29-19)14-18-7-3-2-4-8-18/h2-10,19H,11-16H2,1H3,(H,24,28). The molecule has 2 aromatic carbocycles. The number of nitrogens with zero attached hydrogens (tertiary/aromatic N) is 3. The van der Waals surface area contributed by atoms with E-state index in [1.807, 2.05) is 30.3 Å². The number of aryl methyl sites for hydroxylation is 1. The predicted molar refractivity (Wildman–Crippen MR) is 119 cm³/mol. The van der Waals surface area contributed by atoms with E-state index >= 15 is 0 Å². The molecule has 1 atom stereocenters. The number of rotatable bonds is 8. The van der Waals surface area contributed by atoms with Crippen molar-refractivity contribution in [1.82, 2.24) is 20.4 Å². The van der Waals surface area contributed by atoms with Gasteiger partial charge in [0, 0.05) is 31.1 Å². The van der Waals surface area contributed by atoms with Crippen molar-refractivity contribution in [1.29, 1.82) is 0 Å². The normalized spacial score (nSPS) is 16.9. The van der Waals surface area contributed by atoms with Crippen molar-refractivity contribution in [3.05, 3.63) is 77.4 Å². The number of nitrogens with one attached hydrogen (secondary N) is 1. The minimum atomic E-state index is -0.103. The molecular weight excluding hydrogens is 412 g/mol. The fraction of sp³-hybridized carbons (Fsp3) is 0.348. The molecule has 4 rings (SSSR count). The zero-order chi connectivity index (χ0) is 21.5. The van der Waals surface area contributed by atoms with Crippen LogP contribution in [0.2, 0.25) is 0 Å². The van der Waals surface area contributed by atoms with Crippen LogP contribution < -0.4 is 5.32 Å². The molecule has 1 N–H and O–H groups in total. The molecule has 1 aromatic heterocycles. The van der Waals surface area contributed by atoms with Crippen LogP contribution in [0.5, 0.6) is 0 Å². The van der Waals surface area contributed by atoms with E-state index in [0.29, 0.717) is 36.2 Å². The van der Waals surface area contributed by atoms with E-state index in [1.165, 1.54) is 17.3 Å². The van der Waals surface area contributed by atoms with Crippen molar-refractivity contribution in [3.63, 3.8) is 0 Å². The van der Waals surface area contributed by atoms with Gasteiger partial charge in [0.1, 0.15) is 0 Å². The summed E-state index contributed by atoms with van der Waals surface area (Å²) in [6.45, 7) is 5.52. The maximum Gasteiger partial charge on any atom is 0.252 e. The van der Waals surface area contributed by atoms with E-state index in [-0.39, 0.29) is 12.0 Å². The van der Waals surface area contributed by atoms with Gasteiger partial charge in [-0.3, -0.25) is 9.69 Å². The minimum absolute atomic E-state index is 0.0254. The van der Waals surface area contributed by atoms with Gasteiger partial charge in [-0.05, 0) is 24.6 Å². The zero-order valence-corrected chi connectivity index (χ0v) is 18.3. The number of ether oxygens (including phenoxy) is 1. The molecule has 1 aliphatic rings. The summed E-state index contributed by atoms with van der Waals surface area (Å²) in [5.41, 5.74) is 1.93. The molecule has 162 valence electrons. The van der Waals surface area contributed by atoms with Crippen molar-refractivity contribution in [2.75, 3.05) is 26.2 Å². The maximum absolute atomic E-state index is 12.9. The number of carbonyl (C=O) groups excluding carboxylic acids is 1. The van der Waals surface area contributed by atoms with Crippen molar-refractivity contribution in [2.24, 2.45) is 0 Å². The van der Waals surface area contributed by atoms with Crippen LogP contribution >= 0.6 is 11.8 Å². The first-order valence-electron chi connectivity index (χ1n) is 10.3. The Morgan fingerprint density at radius 2 is 2.00 bits per heavy atom. The smallest absolute Gasteiger partial charge is 0.252 e. The Hall–Kier alpha value is -2.68. The van der Waals surface area contributed by atoms with Gasteiger partial charge in [-0.15, -0.1) is 11.8 Å². The van der Waals surface area contributed by atoms with Gasteiger partial charge in [0.15, 0.2) is 5.82 Å². The van der Waals surface area contributed by atoms with Crippen molar-refractivity contribution >= 4 is 17.7 Å². The molecule has 31 heavy (non-hydrogen) atoms. The number of aromatic nitrogens is 2. The molecule has 0 spiro atoms. The first kappa shape index (κ1) is 21.5. The number of benzene rings is 2. The fourth-order valence-corrected chi connectivity index (χ4v) is 4.40. The predicted octanol–water partition coefficient (Wildman–Crippen LogP) is 3.30. The lowest BCUT2D eigenvalue weighted by Gasteiger charge is -2.33. The van der Waals surface area contributed by atoms with Crippen LogP contribution in [0.3, 0.4) is 0 Å². The molecule has 1 amide bonds. The van der Waals surface area contributed by atoms with Crippen LogP contribution in [-0.4, -0.2) is 53.3 Å². The van der Waals surface area contributed by atoms with Gasteiger partial charge in [-0.25, -0.2) is 0 Å². The number of hydrogen-bond acceptors (Lipinski definition) is 7. The number of carbonyl (C=O) groups is 1. The van der Waals surface area contributed by atoms with E-state index < -0.39 is 0 Å². The Morgan fingerprint density at radius 1 is 1.19 bits per heavy atom. The van der Waals surface area contributed by atoms with Crippen molar-refractivity contribution in [3.8, 4) is 0 Å². The van der Waals surface area contributed by atoms with Gasteiger partial charge >= 0.3 is 0 Å². The Labute approximate surface area is 186 Å². The topological polar surface area (TPSA) is 80.5 Å². The van der Waals surface area contributed by atoms with Gasteiger partial charge < -0.3 is 14.6 Å². The first-order chi connectivity index (χ1) is 15.2. The molecule has 8 heteroatoms. The third-order valence-corrected chi connectivity index (χ3v) is 6.07. The molecule has 0 bridgehead atoms. The van der Waals surface area contributed by atoms with Crippen molar-refractivity contribution in [2.45, 2.75) is 30.2 Å². The Balaban J connectivity index is 1.30. The molecule has 0 radical (unpaired) electrons. The minimum Gasteiger partial charge on any atom is -0.374 e. The van der Waals surface area contributed by atoms with Crippen LogP contribution in [0.15, 0.2) is 64.0 Å². The molecule has 1 saturated heterocycles. The second kappa shape index (κ2) is 10.6. The molecule has 7 nitrogen and oxygen atoms in total. The van der Waals surface area contributed by atoms with Gasteiger partial charge in [0.05, 0.1) is 24.0 Å². The lowest BCUT2D eigenvalue weighted by Crippen LogP contribution is -2.47. The molecule has 1 unspecified atom stereocenters. The molecule has 0 aliphatic carbocycles. The van der Waals surface area contributed by atoms with E-state index in [1.54, 1.807) is 6.92 Å². The Morgan fingerprint density at radius 3 is 2.81 bits per heavy atom. The Bertz CT molecular complexity index is 995. The molecular formula is C23H26N4O3S. The zero-order valence-electron chi connectivity index (χ0n) is 17.5. The first-order valence-corrected chi connectivity index (χ1v) is 11.3. The monoisotopic (exact) mass is 438 g/mol. The number of morpholine rings is 1. The van der Waals surface area contributed by atoms with Gasteiger partial charge in [-0.1, -0.05) is 47.6 Å². The van der Waals surface area contributed by atoms with Crippen molar-refractivity contribution < 1.29 is 14.1 Å². The quantitative estimate of drug-likeness (QED) is 0.541. The molecule has 2 heterocycles. The third kappa shape index (κ3) is 6.16. The molecule has 1 fully saturated rings. The molecule has 1 aliphatic heterocycles. The number of thioether (sulfide) groups is 1. The highest BCUT2D eigenvalue weighted by atomic mass is 32.2. The fourth-order valence-electron chi connectivity index (χ4n) is 3.51. The van der Waals surface area contributed by atoms with E-state index in [2.05, 4.69) is 44.6 Å². The summed E-state index contributed by atoms with van der Waals surface area (Å²) in [6, 6.07) is 18.0. The lowest BCUT2D eigenvalue weighted by molar-refractivity contribution is -0.0292. The van der Waals surface area contributed by atoms with E-state index in [9.17, 15) is 4.79 Å². The van der Waals surface area contributed by atoms with Crippen LogP contribution in [0.1, 0.15) is 27.6 Å².